The largest absolute Gasteiger partial charge is 0.493 e. The number of nitrogens with zero attached hydrogens (tertiary/aromatic N) is 5. The standard InChI is InChI=1S/C20H20N8O2S/c1-31-14-4-2-3-11(7-14)9-21-18-25-16-12(8-15-17(29)26-20(30)24-15)10-22-28(16)19(27-18)23-13-5-6-13/h2-4,7-8,10,13,29H,5-6,9H2,1H3,(H,21,23,27)(H2,24,26,30). The highest BCUT2D eigenvalue weighted by molar-refractivity contribution is 7.98. The number of fused-ring (bicyclic) bond motifs is 1. The first-order chi connectivity index (χ1) is 15.1. The summed E-state index contributed by atoms with van der Waals surface area (Å²) in [4.78, 5) is 31.3. The summed E-state index contributed by atoms with van der Waals surface area (Å²) in [5, 5.41) is 18.1. The van der Waals surface area contributed by atoms with Gasteiger partial charge in [0.25, 0.3) is 5.62 Å². The molecule has 5 rings (SSSR count). The number of H-pyrrole nitrogens is 2. The number of imidazole rings is 1. The number of benzene rings is 1. The molecule has 10 nitrogen and oxygen atoms in total. The fraction of sp³-hybridized carbons (Fsp3) is 0.250. The van der Waals surface area contributed by atoms with Gasteiger partial charge in [0.05, 0.1) is 12.2 Å². The van der Waals surface area contributed by atoms with Crippen LogP contribution in [0.2, 0.25) is 0 Å². The zero-order valence-corrected chi connectivity index (χ0v) is 17.5. The van der Waals surface area contributed by atoms with Crippen molar-refractivity contribution in [3.8, 4) is 5.88 Å². The molecule has 0 amide bonds. The van der Waals surface area contributed by atoms with Crippen LogP contribution in [0.3, 0.4) is 0 Å². The van der Waals surface area contributed by atoms with Crippen molar-refractivity contribution in [2.45, 2.75) is 30.3 Å². The molecule has 0 radical (unpaired) electrons. The van der Waals surface area contributed by atoms with E-state index in [1.54, 1.807) is 28.6 Å². The first-order valence-corrected chi connectivity index (χ1v) is 11.0. The van der Waals surface area contributed by atoms with Gasteiger partial charge in [-0.15, -0.1) is 11.8 Å². The van der Waals surface area contributed by atoms with Crippen molar-refractivity contribution >= 4 is 29.4 Å². The Balaban J connectivity index is 1.57. The summed E-state index contributed by atoms with van der Waals surface area (Å²) >= 11 is 1.69. The Hall–Kier alpha value is -3.60. The first kappa shape index (κ1) is 19.4. The van der Waals surface area contributed by atoms with Crippen LogP contribution in [-0.2, 0) is 6.54 Å². The number of hydrogen-bond donors (Lipinski definition) is 4. The molecule has 0 bridgehead atoms. The van der Waals surface area contributed by atoms with E-state index in [2.05, 4.69) is 47.5 Å². The van der Waals surface area contributed by atoms with E-state index in [0.717, 1.165) is 18.4 Å². The molecule has 0 atom stereocenters. The van der Waals surface area contributed by atoms with Crippen LogP contribution in [0.25, 0.3) is 11.7 Å². The second-order valence-corrected chi connectivity index (χ2v) is 8.11. The van der Waals surface area contributed by atoms with Crippen molar-refractivity contribution in [3.05, 3.63) is 63.0 Å². The van der Waals surface area contributed by atoms with Gasteiger partial charge >= 0.3 is 5.69 Å². The molecule has 1 aromatic carbocycles. The Morgan fingerprint density at radius 3 is 2.97 bits per heavy atom. The normalized spacial score (nSPS) is 15.1. The number of anilines is 1. The molecule has 1 saturated carbocycles. The molecule has 0 saturated heterocycles. The quantitative estimate of drug-likeness (QED) is 0.328. The fourth-order valence-electron chi connectivity index (χ4n) is 3.12. The minimum Gasteiger partial charge on any atom is -0.493 e. The number of aromatic amines is 2. The first-order valence-electron chi connectivity index (χ1n) is 9.78. The molecule has 3 aromatic heterocycles. The average Bonchev–Trinajstić information content (AvgIpc) is 3.41. The van der Waals surface area contributed by atoms with Crippen LogP contribution in [0, 0.1) is 0 Å². The maximum absolute atomic E-state index is 11.4. The molecule has 4 aromatic rings. The number of aromatic hydroxyl groups is 1. The predicted octanol–water partition coefficient (Wildman–Crippen LogP) is 0.791. The van der Waals surface area contributed by atoms with Gasteiger partial charge in [-0.2, -0.15) is 19.6 Å². The topological polar surface area (TPSA) is 136 Å². The molecule has 0 spiro atoms. The van der Waals surface area contributed by atoms with Crippen LogP contribution < -0.4 is 21.8 Å². The van der Waals surface area contributed by atoms with Crippen LogP contribution in [0.5, 0.6) is 5.88 Å². The average molecular weight is 437 g/mol. The van der Waals surface area contributed by atoms with Gasteiger partial charge in [-0.05, 0) is 42.9 Å². The molecule has 1 fully saturated rings. The Morgan fingerprint density at radius 1 is 1.35 bits per heavy atom. The van der Waals surface area contributed by atoms with E-state index < -0.39 is 5.69 Å². The van der Waals surface area contributed by atoms with Gasteiger partial charge in [0, 0.05) is 16.7 Å². The molecule has 158 valence electrons. The Morgan fingerprint density at radius 2 is 2.23 bits per heavy atom. The molecule has 1 aliphatic carbocycles. The van der Waals surface area contributed by atoms with Crippen molar-refractivity contribution in [2.75, 3.05) is 11.6 Å². The van der Waals surface area contributed by atoms with Gasteiger partial charge in [0.2, 0.25) is 11.8 Å². The molecule has 0 unspecified atom stereocenters. The predicted molar refractivity (Wildman–Crippen MR) is 117 cm³/mol. The molecule has 11 heteroatoms. The summed E-state index contributed by atoms with van der Waals surface area (Å²) in [5.41, 5.74) is 1.87. The smallest absolute Gasteiger partial charge is 0.326 e. The second kappa shape index (κ2) is 7.91. The van der Waals surface area contributed by atoms with Crippen LogP contribution >= 0.6 is 11.8 Å². The number of nitrogens with one attached hydrogen (secondary N) is 3. The second-order valence-electron chi connectivity index (χ2n) is 7.23. The SMILES string of the molecule is CSc1cccc(CNc2nc(=NC3CC3)n3ncc(=Cc4[nH]c(=O)[nH]c4O)c3n2)c1. The third-order valence-corrected chi connectivity index (χ3v) is 5.57. The van der Waals surface area contributed by atoms with Crippen LogP contribution in [0.1, 0.15) is 24.1 Å². The lowest BCUT2D eigenvalue weighted by Crippen LogP contribution is -2.24. The van der Waals surface area contributed by atoms with Gasteiger partial charge in [0.15, 0.2) is 5.65 Å². The number of rotatable bonds is 6. The van der Waals surface area contributed by atoms with E-state index >= 15 is 0 Å². The van der Waals surface area contributed by atoms with Gasteiger partial charge in [-0.3, -0.25) is 4.98 Å². The van der Waals surface area contributed by atoms with Gasteiger partial charge in [-0.1, -0.05) is 12.1 Å². The van der Waals surface area contributed by atoms with E-state index in [0.29, 0.717) is 29.0 Å². The van der Waals surface area contributed by atoms with E-state index in [1.807, 2.05) is 18.4 Å². The summed E-state index contributed by atoms with van der Waals surface area (Å²) < 4.78 is 1.57. The van der Waals surface area contributed by atoms with E-state index in [9.17, 15) is 9.90 Å². The highest BCUT2D eigenvalue weighted by atomic mass is 32.2. The van der Waals surface area contributed by atoms with Gasteiger partial charge in [0.1, 0.15) is 5.69 Å². The highest BCUT2D eigenvalue weighted by Crippen LogP contribution is 2.22. The van der Waals surface area contributed by atoms with E-state index in [4.69, 9.17) is 0 Å². The molecule has 4 N–H and O–H groups in total. The number of aromatic nitrogens is 6. The Kier molecular flexibility index (Phi) is 4.94. The highest BCUT2D eigenvalue weighted by Gasteiger charge is 2.21. The van der Waals surface area contributed by atoms with Gasteiger partial charge < -0.3 is 15.4 Å². The van der Waals surface area contributed by atoms with E-state index in [-0.39, 0.29) is 17.6 Å². The zero-order valence-electron chi connectivity index (χ0n) is 16.7. The number of hydrogen-bond acceptors (Lipinski definition) is 8. The molecule has 3 heterocycles. The Labute approximate surface area is 180 Å². The van der Waals surface area contributed by atoms with Crippen LogP contribution in [-0.4, -0.2) is 47.0 Å². The summed E-state index contributed by atoms with van der Waals surface area (Å²) in [7, 11) is 0. The van der Waals surface area contributed by atoms with Crippen molar-refractivity contribution in [3.63, 3.8) is 0 Å². The van der Waals surface area contributed by atoms with Crippen molar-refractivity contribution in [1.82, 2.24) is 29.5 Å². The maximum atomic E-state index is 11.4. The summed E-state index contributed by atoms with van der Waals surface area (Å²) in [6.07, 6.45) is 7.33. The monoisotopic (exact) mass is 436 g/mol. The van der Waals surface area contributed by atoms with Crippen LogP contribution in [0.4, 0.5) is 5.95 Å². The third kappa shape index (κ3) is 4.17. The lowest BCUT2D eigenvalue weighted by Gasteiger charge is -2.06. The molecule has 0 aliphatic heterocycles. The maximum Gasteiger partial charge on any atom is 0.326 e. The van der Waals surface area contributed by atoms with Crippen LogP contribution in [0.15, 0.2) is 45.1 Å². The van der Waals surface area contributed by atoms with E-state index in [1.165, 1.54) is 4.90 Å². The molecular weight excluding hydrogens is 416 g/mol. The summed E-state index contributed by atoms with van der Waals surface area (Å²) in [6.45, 7) is 0.562. The summed E-state index contributed by atoms with van der Waals surface area (Å²) in [6, 6.07) is 8.51. The minimum absolute atomic E-state index is 0.242. The molecule has 1 aliphatic rings. The number of thioether (sulfide) groups is 1. The Bertz CT molecular complexity index is 1430. The third-order valence-electron chi connectivity index (χ3n) is 4.84. The van der Waals surface area contributed by atoms with Crippen molar-refractivity contribution in [2.24, 2.45) is 4.99 Å². The molecule has 31 heavy (non-hydrogen) atoms. The van der Waals surface area contributed by atoms with Gasteiger partial charge in [-0.25, -0.2) is 9.79 Å². The summed E-state index contributed by atoms with van der Waals surface area (Å²) in [5.74, 6) is 0.191. The zero-order chi connectivity index (χ0) is 21.4. The van der Waals surface area contributed by atoms with Crippen molar-refractivity contribution < 1.29 is 5.11 Å². The minimum atomic E-state index is -0.492. The lowest BCUT2D eigenvalue weighted by atomic mass is 10.2. The molecular formula is C20H20N8O2S. The van der Waals surface area contributed by atoms with Crippen molar-refractivity contribution in [1.29, 1.82) is 0 Å². The lowest BCUT2D eigenvalue weighted by molar-refractivity contribution is 0.454. The fourth-order valence-corrected chi connectivity index (χ4v) is 3.61.